The minimum Gasteiger partial charge on any atom is -0.457 e. The van der Waals surface area contributed by atoms with Gasteiger partial charge in [-0.05, 0) is 68.5 Å². The molecule has 134 valence electrons. The first kappa shape index (κ1) is 16.8. The summed E-state index contributed by atoms with van der Waals surface area (Å²) in [6.45, 7) is 4.19. The van der Waals surface area contributed by atoms with Crippen LogP contribution in [0.3, 0.4) is 0 Å². The van der Waals surface area contributed by atoms with E-state index in [0.717, 1.165) is 25.0 Å². The Bertz CT molecular complexity index is 825. The molecule has 26 heavy (non-hydrogen) atoms. The molecule has 1 saturated carbocycles. The van der Waals surface area contributed by atoms with Crippen molar-refractivity contribution in [2.24, 2.45) is 17.8 Å². The molecule has 1 heterocycles. The molecule has 2 aliphatic rings. The van der Waals surface area contributed by atoms with E-state index in [-0.39, 0.29) is 23.7 Å². The molecular weight excluding hydrogens is 326 g/mol. The summed E-state index contributed by atoms with van der Waals surface area (Å²) in [7, 11) is 0. The van der Waals surface area contributed by atoms with Gasteiger partial charge in [0.2, 0.25) is 11.8 Å². The summed E-state index contributed by atoms with van der Waals surface area (Å²) in [5.74, 6) is 1.59. The zero-order chi connectivity index (χ0) is 18.3. The number of anilines is 1. The molecule has 2 aromatic rings. The van der Waals surface area contributed by atoms with Crippen molar-refractivity contribution in [2.75, 3.05) is 4.90 Å². The van der Waals surface area contributed by atoms with E-state index in [4.69, 9.17) is 4.74 Å². The zero-order valence-electron chi connectivity index (χ0n) is 15.1. The van der Waals surface area contributed by atoms with Crippen LogP contribution in [0.5, 0.6) is 11.5 Å². The summed E-state index contributed by atoms with van der Waals surface area (Å²) < 4.78 is 5.82. The van der Waals surface area contributed by atoms with Crippen molar-refractivity contribution in [1.29, 1.82) is 0 Å². The summed E-state index contributed by atoms with van der Waals surface area (Å²) in [5.41, 5.74) is 1.81. The first-order valence-electron chi connectivity index (χ1n) is 9.25. The highest BCUT2D eigenvalue weighted by molar-refractivity contribution is 6.22. The number of rotatable bonds is 3. The number of hydrogen-bond donors (Lipinski definition) is 0. The fourth-order valence-electron chi connectivity index (χ4n) is 4.05. The molecule has 2 aromatic carbocycles. The quantitative estimate of drug-likeness (QED) is 0.754. The van der Waals surface area contributed by atoms with E-state index in [0.29, 0.717) is 17.4 Å². The first-order valence-corrected chi connectivity index (χ1v) is 9.25. The van der Waals surface area contributed by atoms with Crippen molar-refractivity contribution >= 4 is 17.5 Å². The molecule has 0 spiro atoms. The maximum Gasteiger partial charge on any atom is 0.237 e. The standard InChI is InChI=1S/C22H23NO3/c1-14-3-8-17(9-4-14)26-18-10-6-16(7-11-18)23-21(24)19-12-5-15(2)13-20(19)22(23)25/h3-4,6-11,15,19-20H,5,12-13H2,1-2H3/t15-,19+,20+/m1/s1. The third-order valence-electron chi connectivity index (χ3n) is 5.54. The highest BCUT2D eigenvalue weighted by Gasteiger charge is 2.49. The summed E-state index contributed by atoms with van der Waals surface area (Å²) in [4.78, 5) is 26.9. The number of amides is 2. The Hall–Kier alpha value is -2.62. The SMILES string of the molecule is Cc1ccc(Oc2ccc(N3C(=O)[C@H]4CC[C@@H](C)C[C@@H]4C3=O)cc2)cc1. The Kier molecular flexibility index (Phi) is 4.27. The van der Waals surface area contributed by atoms with Crippen LogP contribution in [0.25, 0.3) is 0 Å². The summed E-state index contributed by atoms with van der Waals surface area (Å²) >= 11 is 0. The number of carbonyl (C=O) groups is 2. The average molecular weight is 349 g/mol. The normalized spacial score (nSPS) is 25.3. The van der Waals surface area contributed by atoms with Gasteiger partial charge in [-0.25, -0.2) is 0 Å². The van der Waals surface area contributed by atoms with E-state index in [1.54, 1.807) is 24.3 Å². The largest absolute Gasteiger partial charge is 0.457 e. The Morgan fingerprint density at radius 1 is 0.846 bits per heavy atom. The van der Waals surface area contributed by atoms with Gasteiger partial charge in [0.05, 0.1) is 17.5 Å². The van der Waals surface area contributed by atoms with Crippen LogP contribution in [0.1, 0.15) is 31.7 Å². The predicted molar refractivity (Wildman–Crippen MR) is 100 cm³/mol. The second-order valence-corrected chi connectivity index (χ2v) is 7.55. The average Bonchev–Trinajstić information content (AvgIpc) is 2.88. The van der Waals surface area contributed by atoms with Gasteiger partial charge in [-0.2, -0.15) is 0 Å². The Morgan fingerprint density at radius 3 is 2.08 bits per heavy atom. The molecule has 3 atom stereocenters. The maximum absolute atomic E-state index is 12.8. The number of hydrogen-bond acceptors (Lipinski definition) is 3. The highest BCUT2D eigenvalue weighted by Crippen LogP contribution is 2.42. The van der Waals surface area contributed by atoms with E-state index < -0.39 is 0 Å². The van der Waals surface area contributed by atoms with Gasteiger partial charge in [-0.15, -0.1) is 0 Å². The third-order valence-corrected chi connectivity index (χ3v) is 5.54. The van der Waals surface area contributed by atoms with Gasteiger partial charge in [0.25, 0.3) is 0 Å². The van der Waals surface area contributed by atoms with Crippen molar-refractivity contribution in [1.82, 2.24) is 0 Å². The molecule has 0 radical (unpaired) electrons. The van der Waals surface area contributed by atoms with Crippen LogP contribution in [0.4, 0.5) is 5.69 Å². The molecule has 1 aliphatic heterocycles. The number of ether oxygens (including phenoxy) is 1. The van der Waals surface area contributed by atoms with Gasteiger partial charge >= 0.3 is 0 Å². The smallest absolute Gasteiger partial charge is 0.237 e. The van der Waals surface area contributed by atoms with Gasteiger partial charge in [0.15, 0.2) is 0 Å². The molecular formula is C22H23NO3. The van der Waals surface area contributed by atoms with Crippen molar-refractivity contribution in [3.63, 3.8) is 0 Å². The molecule has 2 fully saturated rings. The Balaban J connectivity index is 1.52. The van der Waals surface area contributed by atoms with Gasteiger partial charge < -0.3 is 4.74 Å². The zero-order valence-corrected chi connectivity index (χ0v) is 15.1. The number of carbonyl (C=O) groups excluding carboxylic acids is 2. The second-order valence-electron chi connectivity index (χ2n) is 7.55. The lowest BCUT2D eigenvalue weighted by atomic mass is 9.76. The number of benzene rings is 2. The van der Waals surface area contributed by atoms with Crippen molar-refractivity contribution in [2.45, 2.75) is 33.1 Å². The van der Waals surface area contributed by atoms with E-state index in [1.165, 1.54) is 10.5 Å². The summed E-state index contributed by atoms with van der Waals surface area (Å²) in [5, 5.41) is 0. The molecule has 4 nitrogen and oxygen atoms in total. The van der Waals surface area contributed by atoms with E-state index in [9.17, 15) is 9.59 Å². The fourth-order valence-corrected chi connectivity index (χ4v) is 4.05. The molecule has 0 aromatic heterocycles. The van der Waals surface area contributed by atoms with Crippen LogP contribution >= 0.6 is 0 Å². The lowest BCUT2D eigenvalue weighted by Crippen LogP contribution is -2.30. The van der Waals surface area contributed by atoms with Crippen LogP contribution < -0.4 is 9.64 Å². The van der Waals surface area contributed by atoms with Gasteiger partial charge in [0.1, 0.15) is 11.5 Å². The number of fused-ring (bicyclic) bond motifs is 1. The van der Waals surface area contributed by atoms with Crippen molar-refractivity contribution < 1.29 is 14.3 Å². The molecule has 1 saturated heterocycles. The van der Waals surface area contributed by atoms with Crippen LogP contribution in [-0.4, -0.2) is 11.8 Å². The fraction of sp³-hybridized carbons (Fsp3) is 0.364. The molecule has 0 unspecified atom stereocenters. The van der Waals surface area contributed by atoms with Crippen LogP contribution in [0, 0.1) is 24.7 Å². The molecule has 0 N–H and O–H groups in total. The van der Waals surface area contributed by atoms with Crippen molar-refractivity contribution in [3.05, 3.63) is 54.1 Å². The molecule has 4 heteroatoms. The highest BCUT2D eigenvalue weighted by atomic mass is 16.5. The Labute approximate surface area is 153 Å². The summed E-state index contributed by atoms with van der Waals surface area (Å²) in [6.07, 6.45) is 2.67. The third kappa shape index (κ3) is 3.00. The second kappa shape index (κ2) is 6.60. The number of imide groups is 1. The number of nitrogens with zero attached hydrogens (tertiary/aromatic N) is 1. The minimum absolute atomic E-state index is 0.0425. The lowest BCUT2D eigenvalue weighted by molar-refractivity contribution is -0.122. The maximum atomic E-state index is 12.8. The molecule has 4 rings (SSSR count). The van der Waals surface area contributed by atoms with E-state index in [2.05, 4.69) is 6.92 Å². The van der Waals surface area contributed by atoms with E-state index in [1.807, 2.05) is 31.2 Å². The molecule has 1 aliphatic carbocycles. The van der Waals surface area contributed by atoms with Gasteiger partial charge in [-0.1, -0.05) is 24.6 Å². The first-order chi connectivity index (χ1) is 12.5. The monoisotopic (exact) mass is 349 g/mol. The van der Waals surface area contributed by atoms with Gasteiger partial charge in [0, 0.05) is 0 Å². The summed E-state index contributed by atoms with van der Waals surface area (Å²) in [6, 6.07) is 15.0. The van der Waals surface area contributed by atoms with Crippen LogP contribution in [-0.2, 0) is 9.59 Å². The Morgan fingerprint density at radius 2 is 1.42 bits per heavy atom. The van der Waals surface area contributed by atoms with E-state index >= 15 is 0 Å². The molecule has 2 amide bonds. The number of aryl methyl sites for hydroxylation is 1. The lowest BCUT2D eigenvalue weighted by Gasteiger charge is -2.25. The van der Waals surface area contributed by atoms with Gasteiger partial charge in [-0.3, -0.25) is 14.5 Å². The van der Waals surface area contributed by atoms with Crippen LogP contribution in [0.2, 0.25) is 0 Å². The van der Waals surface area contributed by atoms with Crippen LogP contribution in [0.15, 0.2) is 48.5 Å². The molecule has 0 bridgehead atoms. The predicted octanol–water partition coefficient (Wildman–Crippen LogP) is 4.71. The topological polar surface area (TPSA) is 46.6 Å². The minimum atomic E-state index is -0.144. The van der Waals surface area contributed by atoms with Crippen molar-refractivity contribution in [3.8, 4) is 11.5 Å².